The fourth-order valence-corrected chi connectivity index (χ4v) is 1.17. The fraction of sp³-hybridized carbons (Fsp3) is 0.700. The molecule has 0 radical (unpaired) electrons. The number of primary amides is 1. The number of carboxylic acids is 1. The van der Waals surface area contributed by atoms with Crippen LogP contribution in [-0.2, 0) is 14.4 Å². The molecule has 0 aliphatic rings. The van der Waals surface area contributed by atoms with Crippen molar-refractivity contribution in [2.75, 3.05) is 0 Å². The summed E-state index contributed by atoms with van der Waals surface area (Å²) in [6.45, 7) is 4.64. The van der Waals surface area contributed by atoms with Gasteiger partial charge in [-0.25, -0.2) is 0 Å². The fourth-order valence-electron chi connectivity index (χ4n) is 1.17. The number of carbonyl (C=O) groups excluding carboxylic acids is 2. The van der Waals surface area contributed by atoms with Gasteiger partial charge in [0.05, 0.1) is 5.92 Å². The monoisotopic (exact) mass is 230 g/mol. The van der Waals surface area contributed by atoms with Crippen molar-refractivity contribution >= 4 is 17.8 Å². The topological polar surface area (TPSA) is 109 Å². The summed E-state index contributed by atoms with van der Waals surface area (Å²) >= 11 is 0. The van der Waals surface area contributed by atoms with Gasteiger partial charge >= 0.3 is 5.97 Å². The number of carboxylic acid groups (broad SMARTS) is 1. The number of aliphatic carboxylic acids is 1. The van der Waals surface area contributed by atoms with Crippen LogP contribution in [0.2, 0.25) is 0 Å². The second-order valence-electron chi connectivity index (χ2n) is 4.00. The van der Waals surface area contributed by atoms with Crippen LogP contribution in [-0.4, -0.2) is 28.9 Å². The SMILES string of the molecule is CC(CC(N)=O)NC(=O)C(C)C(C)C(=O)O. The normalized spacial score (nSPS) is 15.9. The number of nitrogens with two attached hydrogens (primary N) is 1. The summed E-state index contributed by atoms with van der Waals surface area (Å²) in [6, 6.07) is -0.381. The number of hydrogen-bond acceptors (Lipinski definition) is 3. The largest absolute Gasteiger partial charge is 0.481 e. The third kappa shape index (κ3) is 4.77. The molecule has 3 atom stereocenters. The highest BCUT2D eigenvalue weighted by atomic mass is 16.4. The highest BCUT2D eigenvalue weighted by Gasteiger charge is 2.26. The van der Waals surface area contributed by atoms with Crippen molar-refractivity contribution in [1.82, 2.24) is 5.32 Å². The Bertz CT molecular complexity index is 291. The van der Waals surface area contributed by atoms with Gasteiger partial charge in [0.25, 0.3) is 0 Å². The molecule has 0 aliphatic carbocycles. The molecule has 6 heteroatoms. The Labute approximate surface area is 94.2 Å². The lowest BCUT2D eigenvalue weighted by Gasteiger charge is -2.18. The lowest BCUT2D eigenvalue weighted by atomic mass is 9.95. The van der Waals surface area contributed by atoms with Crippen molar-refractivity contribution in [3.8, 4) is 0 Å². The Balaban J connectivity index is 4.25. The van der Waals surface area contributed by atoms with Crippen molar-refractivity contribution in [2.24, 2.45) is 17.6 Å². The number of amides is 2. The van der Waals surface area contributed by atoms with E-state index in [4.69, 9.17) is 10.8 Å². The van der Waals surface area contributed by atoms with Gasteiger partial charge in [0, 0.05) is 18.4 Å². The first kappa shape index (κ1) is 14.4. The van der Waals surface area contributed by atoms with Crippen LogP contribution in [0.3, 0.4) is 0 Å². The Morgan fingerprint density at radius 3 is 2.06 bits per heavy atom. The summed E-state index contributed by atoms with van der Waals surface area (Å²) in [5.41, 5.74) is 4.97. The van der Waals surface area contributed by atoms with Gasteiger partial charge in [-0.2, -0.15) is 0 Å². The van der Waals surface area contributed by atoms with Gasteiger partial charge in [0.1, 0.15) is 0 Å². The first-order valence-corrected chi connectivity index (χ1v) is 5.07. The molecule has 0 spiro atoms. The van der Waals surface area contributed by atoms with Gasteiger partial charge in [-0.05, 0) is 6.92 Å². The summed E-state index contributed by atoms with van der Waals surface area (Å²) in [7, 11) is 0. The molecule has 3 unspecified atom stereocenters. The molecule has 2 amide bonds. The lowest BCUT2D eigenvalue weighted by Crippen LogP contribution is -2.41. The summed E-state index contributed by atoms with van der Waals surface area (Å²) in [6.07, 6.45) is 0.0416. The predicted octanol–water partition coefficient (Wildman–Crippen LogP) is -0.277. The quantitative estimate of drug-likeness (QED) is 0.583. The van der Waals surface area contributed by atoms with Crippen LogP contribution in [0.4, 0.5) is 0 Å². The third-order valence-electron chi connectivity index (χ3n) is 2.45. The third-order valence-corrected chi connectivity index (χ3v) is 2.45. The molecular weight excluding hydrogens is 212 g/mol. The van der Waals surface area contributed by atoms with Crippen molar-refractivity contribution in [3.05, 3.63) is 0 Å². The molecule has 0 aromatic carbocycles. The van der Waals surface area contributed by atoms with Gasteiger partial charge in [-0.1, -0.05) is 13.8 Å². The van der Waals surface area contributed by atoms with E-state index in [1.54, 1.807) is 6.92 Å². The van der Waals surface area contributed by atoms with Gasteiger partial charge in [-0.15, -0.1) is 0 Å². The molecule has 0 aliphatic heterocycles. The maximum Gasteiger partial charge on any atom is 0.307 e. The molecule has 0 heterocycles. The zero-order chi connectivity index (χ0) is 12.9. The number of carbonyl (C=O) groups is 3. The second kappa shape index (κ2) is 6.09. The molecule has 0 saturated carbocycles. The summed E-state index contributed by atoms with van der Waals surface area (Å²) < 4.78 is 0. The smallest absolute Gasteiger partial charge is 0.307 e. The van der Waals surface area contributed by atoms with Crippen LogP contribution >= 0.6 is 0 Å². The Kier molecular flexibility index (Phi) is 5.49. The summed E-state index contributed by atoms with van der Waals surface area (Å²) in [5, 5.41) is 11.3. The molecule has 16 heavy (non-hydrogen) atoms. The lowest BCUT2D eigenvalue weighted by molar-refractivity contribution is -0.146. The van der Waals surface area contributed by atoms with Crippen LogP contribution in [0.1, 0.15) is 27.2 Å². The molecule has 4 N–H and O–H groups in total. The van der Waals surface area contributed by atoms with E-state index in [9.17, 15) is 14.4 Å². The number of rotatable bonds is 6. The van der Waals surface area contributed by atoms with Gasteiger partial charge < -0.3 is 16.2 Å². The van der Waals surface area contributed by atoms with Crippen LogP contribution in [0.25, 0.3) is 0 Å². The van der Waals surface area contributed by atoms with E-state index in [1.165, 1.54) is 13.8 Å². The van der Waals surface area contributed by atoms with E-state index in [0.717, 1.165) is 0 Å². The Hall–Kier alpha value is -1.59. The van der Waals surface area contributed by atoms with Gasteiger partial charge in [0.15, 0.2) is 0 Å². The maximum atomic E-state index is 11.6. The highest BCUT2D eigenvalue weighted by molar-refractivity contribution is 5.84. The van der Waals surface area contributed by atoms with Gasteiger partial charge in [0.2, 0.25) is 11.8 Å². The van der Waals surface area contributed by atoms with E-state index in [0.29, 0.717) is 0 Å². The average molecular weight is 230 g/mol. The molecule has 0 bridgehead atoms. The maximum absolute atomic E-state index is 11.6. The van der Waals surface area contributed by atoms with E-state index in [2.05, 4.69) is 5.32 Å². The number of hydrogen-bond donors (Lipinski definition) is 3. The summed E-state index contributed by atoms with van der Waals surface area (Å²) in [4.78, 5) is 32.8. The van der Waals surface area contributed by atoms with Crippen molar-refractivity contribution < 1.29 is 19.5 Å². The number of nitrogens with one attached hydrogen (secondary N) is 1. The molecule has 0 aromatic rings. The molecule has 0 rings (SSSR count). The first-order valence-electron chi connectivity index (χ1n) is 5.07. The van der Waals surface area contributed by atoms with Crippen LogP contribution in [0.5, 0.6) is 0 Å². The standard InChI is InChI=1S/C10H18N2O4/c1-5(4-8(11)13)12-9(14)6(2)7(3)10(15)16/h5-7H,4H2,1-3H3,(H2,11,13)(H,12,14)(H,15,16). The molecule has 0 fully saturated rings. The van der Waals surface area contributed by atoms with Crippen molar-refractivity contribution in [1.29, 1.82) is 0 Å². The zero-order valence-electron chi connectivity index (χ0n) is 9.69. The predicted molar refractivity (Wildman–Crippen MR) is 57.4 cm³/mol. The zero-order valence-corrected chi connectivity index (χ0v) is 9.69. The summed E-state index contributed by atoms with van der Waals surface area (Å²) in [5.74, 6) is -3.32. The molecular formula is C10H18N2O4. The van der Waals surface area contributed by atoms with E-state index in [-0.39, 0.29) is 18.4 Å². The Morgan fingerprint density at radius 2 is 1.69 bits per heavy atom. The Morgan fingerprint density at radius 1 is 1.19 bits per heavy atom. The molecule has 6 nitrogen and oxygen atoms in total. The van der Waals surface area contributed by atoms with Gasteiger partial charge in [-0.3, -0.25) is 14.4 Å². The minimum absolute atomic E-state index is 0.0416. The van der Waals surface area contributed by atoms with Crippen molar-refractivity contribution in [3.63, 3.8) is 0 Å². The van der Waals surface area contributed by atoms with E-state index < -0.39 is 23.7 Å². The molecule has 92 valence electrons. The average Bonchev–Trinajstić information content (AvgIpc) is 2.13. The van der Waals surface area contributed by atoms with Crippen LogP contribution in [0, 0.1) is 11.8 Å². The van der Waals surface area contributed by atoms with Crippen LogP contribution in [0.15, 0.2) is 0 Å². The van der Waals surface area contributed by atoms with Crippen molar-refractivity contribution in [2.45, 2.75) is 33.2 Å². The van der Waals surface area contributed by atoms with E-state index in [1.807, 2.05) is 0 Å². The van der Waals surface area contributed by atoms with E-state index >= 15 is 0 Å². The minimum atomic E-state index is -1.02. The van der Waals surface area contributed by atoms with Crippen LogP contribution < -0.4 is 11.1 Å². The highest BCUT2D eigenvalue weighted by Crippen LogP contribution is 2.11. The second-order valence-corrected chi connectivity index (χ2v) is 4.00. The molecule has 0 saturated heterocycles. The minimum Gasteiger partial charge on any atom is -0.481 e. The first-order chi connectivity index (χ1) is 7.25. The molecule has 0 aromatic heterocycles.